The van der Waals surface area contributed by atoms with Crippen molar-refractivity contribution in [2.75, 3.05) is 31.7 Å². The van der Waals surface area contributed by atoms with Gasteiger partial charge in [-0.05, 0) is 32.6 Å². The van der Waals surface area contributed by atoms with Crippen molar-refractivity contribution in [1.29, 1.82) is 0 Å². The molecule has 0 unspecified atom stereocenters. The minimum atomic E-state index is -0.104. The molecular formula is C20H26N6OS2. The molecule has 0 spiro atoms. The fourth-order valence-electron chi connectivity index (χ4n) is 2.79. The second kappa shape index (κ2) is 10.5. The number of nitrogens with zero attached hydrogens (tertiary/aromatic N) is 4. The van der Waals surface area contributed by atoms with Crippen molar-refractivity contribution in [2.45, 2.75) is 25.6 Å². The number of aromatic amines is 1. The van der Waals surface area contributed by atoms with E-state index in [1.807, 2.05) is 44.9 Å². The van der Waals surface area contributed by atoms with E-state index in [4.69, 9.17) is 0 Å². The summed E-state index contributed by atoms with van der Waals surface area (Å²) < 4.78 is 0. The highest BCUT2D eigenvalue weighted by atomic mass is 32.2. The van der Waals surface area contributed by atoms with Crippen LogP contribution in [-0.4, -0.2) is 51.2 Å². The highest BCUT2D eigenvalue weighted by molar-refractivity contribution is 7.98. The number of pyridine rings is 1. The summed E-state index contributed by atoms with van der Waals surface area (Å²) in [5.41, 5.74) is 3.43. The summed E-state index contributed by atoms with van der Waals surface area (Å²) >= 11 is 3.52. The Labute approximate surface area is 179 Å². The Bertz CT molecular complexity index is 971. The normalized spacial score (nSPS) is 11.2. The molecule has 0 saturated heterocycles. The van der Waals surface area contributed by atoms with Crippen LogP contribution in [-0.2, 0) is 18.7 Å². The Kier molecular flexibility index (Phi) is 7.79. The third-order valence-electron chi connectivity index (χ3n) is 4.17. The van der Waals surface area contributed by atoms with E-state index in [-0.39, 0.29) is 5.56 Å². The molecule has 154 valence electrons. The number of hydrogen-bond donors (Lipinski definition) is 2. The number of nitrogens with one attached hydrogen (secondary N) is 2. The molecule has 7 nitrogen and oxygen atoms in total. The molecule has 2 N–H and O–H groups in total. The molecule has 0 amide bonds. The lowest BCUT2D eigenvalue weighted by molar-refractivity contribution is 0.401. The van der Waals surface area contributed by atoms with Crippen LogP contribution in [0.25, 0.3) is 0 Å². The largest absolute Gasteiger partial charge is 0.355 e. The highest BCUT2D eigenvalue weighted by Gasteiger charge is 2.09. The van der Waals surface area contributed by atoms with Crippen LogP contribution in [0.2, 0.25) is 0 Å². The predicted octanol–water partition coefficient (Wildman–Crippen LogP) is 2.93. The third-order valence-corrected chi connectivity index (χ3v) is 6.04. The summed E-state index contributed by atoms with van der Waals surface area (Å²) in [6.45, 7) is 3.48. The van der Waals surface area contributed by atoms with Gasteiger partial charge in [0.25, 0.3) is 5.56 Å². The molecule has 3 rings (SSSR count). The lowest BCUT2D eigenvalue weighted by Crippen LogP contribution is -2.20. The van der Waals surface area contributed by atoms with Crippen LogP contribution in [0, 0.1) is 6.92 Å². The Morgan fingerprint density at radius 1 is 1.31 bits per heavy atom. The van der Waals surface area contributed by atoms with E-state index in [0.29, 0.717) is 17.9 Å². The van der Waals surface area contributed by atoms with Gasteiger partial charge in [0, 0.05) is 54.4 Å². The second-order valence-corrected chi connectivity index (χ2v) is 9.01. The fraction of sp³-hybridized carbons (Fsp3) is 0.400. The van der Waals surface area contributed by atoms with Crippen LogP contribution in [0.5, 0.6) is 0 Å². The Morgan fingerprint density at radius 3 is 2.90 bits per heavy atom. The summed E-state index contributed by atoms with van der Waals surface area (Å²) in [4.78, 5) is 30.7. The van der Waals surface area contributed by atoms with Crippen molar-refractivity contribution in [3.05, 3.63) is 67.8 Å². The standard InChI is InChI=1S/C20H26N6OS2/c1-14-17(9-15-5-4-6-21-10-15)19(27)25-20(23-14)22-7-8-28-12-16-13-29-18(24-16)11-26(2)3/h4-6,10,13H,7-9,11-12H2,1-3H3,(H2,22,23,25,27). The van der Waals surface area contributed by atoms with Gasteiger partial charge in [0.15, 0.2) is 0 Å². The molecule has 0 aliphatic carbocycles. The van der Waals surface area contributed by atoms with Crippen molar-refractivity contribution < 1.29 is 0 Å². The number of thiazole rings is 1. The Hall–Kier alpha value is -2.23. The van der Waals surface area contributed by atoms with E-state index in [1.165, 1.54) is 0 Å². The molecule has 3 aromatic rings. The zero-order chi connectivity index (χ0) is 20.6. The van der Waals surface area contributed by atoms with E-state index in [0.717, 1.165) is 46.6 Å². The Balaban J connectivity index is 1.46. The summed E-state index contributed by atoms with van der Waals surface area (Å²) in [5.74, 6) is 2.31. The van der Waals surface area contributed by atoms with E-state index in [2.05, 4.69) is 35.5 Å². The summed E-state index contributed by atoms with van der Waals surface area (Å²) in [6, 6.07) is 3.83. The van der Waals surface area contributed by atoms with Gasteiger partial charge in [-0.1, -0.05) is 6.07 Å². The molecule has 3 aromatic heterocycles. The Morgan fingerprint density at radius 2 is 2.17 bits per heavy atom. The summed E-state index contributed by atoms with van der Waals surface area (Å²) in [7, 11) is 4.10. The zero-order valence-corrected chi connectivity index (χ0v) is 18.6. The van der Waals surface area contributed by atoms with Crippen molar-refractivity contribution >= 4 is 29.0 Å². The topological polar surface area (TPSA) is 86.8 Å². The quantitative estimate of drug-likeness (QED) is 0.478. The number of aryl methyl sites for hydroxylation is 1. The van der Waals surface area contributed by atoms with Gasteiger partial charge in [-0.2, -0.15) is 11.8 Å². The average molecular weight is 431 g/mol. The van der Waals surface area contributed by atoms with Gasteiger partial charge in [-0.3, -0.25) is 14.8 Å². The van der Waals surface area contributed by atoms with Crippen LogP contribution >= 0.6 is 23.1 Å². The molecule has 29 heavy (non-hydrogen) atoms. The molecule has 0 radical (unpaired) electrons. The molecule has 0 aliphatic heterocycles. The highest BCUT2D eigenvalue weighted by Crippen LogP contribution is 2.16. The monoisotopic (exact) mass is 430 g/mol. The molecule has 0 aliphatic rings. The number of thioether (sulfide) groups is 1. The number of H-pyrrole nitrogens is 1. The zero-order valence-electron chi connectivity index (χ0n) is 16.9. The smallest absolute Gasteiger partial charge is 0.256 e. The summed E-state index contributed by atoms with van der Waals surface area (Å²) in [5, 5.41) is 6.48. The molecule has 0 fully saturated rings. The third kappa shape index (κ3) is 6.66. The molecule has 0 bridgehead atoms. The molecule has 0 saturated carbocycles. The predicted molar refractivity (Wildman–Crippen MR) is 121 cm³/mol. The van der Waals surface area contributed by atoms with Gasteiger partial charge in [0.1, 0.15) is 5.01 Å². The SMILES string of the molecule is Cc1nc(NCCSCc2csc(CN(C)C)n2)[nH]c(=O)c1Cc1cccnc1. The van der Waals surface area contributed by atoms with Gasteiger partial charge >= 0.3 is 0 Å². The molecule has 3 heterocycles. The lowest BCUT2D eigenvalue weighted by Gasteiger charge is -2.09. The first-order chi connectivity index (χ1) is 14.0. The maximum atomic E-state index is 12.4. The lowest BCUT2D eigenvalue weighted by atomic mass is 10.1. The molecule has 9 heteroatoms. The number of hydrogen-bond acceptors (Lipinski definition) is 8. The van der Waals surface area contributed by atoms with Gasteiger partial charge in [0.05, 0.1) is 11.4 Å². The van der Waals surface area contributed by atoms with Gasteiger partial charge in [0.2, 0.25) is 5.95 Å². The molecular weight excluding hydrogens is 404 g/mol. The van der Waals surface area contributed by atoms with Crippen molar-refractivity contribution in [1.82, 2.24) is 24.8 Å². The summed E-state index contributed by atoms with van der Waals surface area (Å²) in [6.07, 6.45) is 4.02. The van der Waals surface area contributed by atoms with Crippen molar-refractivity contribution in [3.8, 4) is 0 Å². The van der Waals surface area contributed by atoms with Crippen LogP contribution in [0.3, 0.4) is 0 Å². The fourth-order valence-corrected chi connectivity index (χ4v) is 4.55. The van der Waals surface area contributed by atoms with E-state index in [1.54, 1.807) is 23.7 Å². The van der Waals surface area contributed by atoms with Gasteiger partial charge in [-0.15, -0.1) is 11.3 Å². The van der Waals surface area contributed by atoms with E-state index in [9.17, 15) is 4.79 Å². The maximum absolute atomic E-state index is 12.4. The van der Waals surface area contributed by atoms with Crippen LogP contribution in [0.1, 0.15) is 27.5 Å². The number of aromatic nitrogens is 4. The second-order valence-electron chi connectivity index (χ2n) is 6.97. The first kappa shape index (κ1) is 21.5. The molecule has 0 atom stereocenters. The first-order valence-electron chi connectivity index (χ1n) is 9.39. The minimum Gasteiger partial charge on any atom is -0.355 e. The minimum absolute atomic E-state index is 0.104. The average Bonchev–Trinajstić information content (AvgIpc) is 3.12. The van der Waals surface area contributed by atoms with Crippen molar-refractivity contribution in [2.24, 2.45) is 0 Å². The van der Waals surface area contributed by atoms with Crippen molar-refractivity contribution in [3.63, 3.8) is 0 Å². The first-order valence-corrected chi connectivity index (χ1v) is 11.4. The van der Waals surface area contributed by atoms with Crippen LogP contribution < -0.4 is 10.9 Å². The van der Waals surface area contributed by atoms with Crippen LogP contribution in [0.4, 0.5) is 5.95 Å². The number of anilines is 1. The van der Waals surface area contributed by atoms with E-state index >= 15 is 0 Å². The van der Waals surface area contributed by atoms with Gasteiger partial charge in [-0.25, -0.2) is 9.97 Å². The van der Waals surface area contributed by atoms with Crippen LogP contribution in [0.15, 0.2) is 34.7 Å². The molecule has 0 aromatic carbocycles. The number of rotatable bonds is 10. The van der Waals surface area contributed by atoms with Gasteiger partial charge < -0.3 is 10.2 Å². The maximum Gasteiger partial charge on any atom is 0.256 e. The van der Waals surface area contributed by atoms with E-state index < -0.39 is 0 Å².